The van der Waals surface area contributed by atoms with Crippen LogP contribution in [0.3, 0.4) is 0 Å². The van der Waals surface area contributed by atoms with Gasteiger partial charge in [-0.05, 0) is 0 Å². The van der Waals surface area contributed by atoms with E-state index in [2.05, 4.69) is 9.95 Å². The molecular formula is C2H2Se3. The summed E-state index contributed by atoms with van der Waals surface area (Å²) in [7, 11) is 0. The van der Waals surface area contributed by atoms with Crippen LogP contribution in [0.5, 0.6) is 0 Å². The molecule has 3 heteroatoms. The fourth-order valence-electron chi connectivity index (χ4n) is 0.113. The van der Waals surface area contributed by atoms with E-state index >= 15 is 0 Å². The number of hydrogen-bond acceptors (Lipinski definition) is 0. The van der Waals surface area contributed by atoms with Gasteiger partial charge >= 0.3 is 47.5 Å². The van der Waals surface area contributed by atoms with E-state index in [0.717, 1.165) is 37.6 Å². The summed E-state index contributed by atoms with van der Waals surface area (Å²) in [5, 5.41) is 0. The Morgan fingerprint density at radius 2 is 1.60 bits per heavy atom. The average molecular weight is 263 g/mol. The second-order valence-corrected chi connectivity index (χ2v) is 16.2. The molecule has 1 aliphatic rings. The van der Waals surface area contributed by atoms with Crippen LogP contribution in [0.15, 0.2) is 9.95 Å². The normalized spacial score (nSPS) is 20.8. The van der Waals surface area contributed by atoms with Crippen LogP contribution in [0.25, 0.3) is 0 Å². The van der Waals surface area contributed by atoms with Crippen molar-refractivity contribution in [1.82, 2.24) is 0 Å². The van der Waals surface area contributed by atoms with E-state index in [1.165, 1.54) is 0 Å². The van der Waals surface area contributed by atoms with Crippen LogP contribution in [-0.2, 0) is 0 Å². The summed E-state index contributed by atoms with van der Waals surface area (Å²) < 4.78 is 0. The molecule has 0 atom stereocenters. The monoisotopic (exact) mass is 266 g/mol. The zero-order valence-corrected chi connectivity index (χ0v) is 7.52. The molecule has 0 N–H and O–H groups in total. The molecule has 5 heavy (non-hydrogen) atoms. The SMILES string of the molecule is C1=C[Se][Se][Se]1. The molecule has 0 saturated carbocycles. The van der Waals surface area contributed by atoms with Gasteiger partial charge in [0, 0.05) is 0 Å². The summed E-state index contributed by atoms with van der Waals surface area (Å²) in [4.78, 5) is 4.71. The molecule has 0 saturated heterocycles. The molecule has 0 nitrogen and oxygen atoms in total. The minimum absolute atomic E-state index is 0.979. The third kappa shape index (κ3) is 1.45. The van der Waals surface area contributed by atoms with Gasteiger partial charge in [0.15, 0.2) is 0 Å². The molecule has 0 amide bonds. The predicted octanol–water partition coefficient (Wildman–Crippen LogP) is -0.586. The van der Waals surface area contributed by atoms with E-state index in [9.17, 15) is 0 Å². The molecule has 0 fully saturated rings. The summed E-state index contributed by atoms with van der Waals surface area (Å²) in [5.74, 6) is 0. The summed E-state index contributed by atoms with van der Waals surface area (Å²) in [6.07, 6.45) is 0. The van der Waals surface area contributed by atoms with Gasteiger partial charge in [-0.2, -0.15) is 0 Å². The molecular weight excluding hydrogens is 261 g/mol. The van der Waals surface area contributed by atoms with E-state index < -0.39 is 0 Å². The fraction of sp³-hybridized carbons (Fsp3) is 0. The van der Waals surface area contributed by atoms with Gasteiger partial charge < -0.3 is 0 Å². The first-order valence-electron chi connectivity index (χ1n) is 1.14. The molecule has 0 aliphatic carbocycles. The van der Waals surface area contributed by atoms with E-state index in [0.29, 0.717) is 0 Å². The van der Waals surface area contributed by atoms with E-state index in [1.54, 1.807) is 0 Å². The number of hydrogen-bond donors (Lipinski definition) is 0. The van der Waals surface area contributed by atoms with E-state index in [4.69, 9.17) is 0 Å². The van der Waals surface area contributed by atoms with Gasteiger partial charge in [-0.25, -0.2) is 0 Å². The molecule has 0 unspecified atom stereocenters. The molecule has 0 spiro atoms. The van der Waals surface area contributed by atoms with Crippen molar-refractivity contribution in [2.75, 3.05) is 0 Å². The van der Waals surface area contributed by atoms with Gasteiger partial charge in [0.1, 0.15) is 0 Å². The van der Waals surface area contributed by atoms with Crippen LogP contribution in [0, 0.1) is 0 Å². The van der Waals surface area contributed by atoms with Gasteiger partial charge in [-0.3, -0.25) is 0 Å². The molecule has 0 aromatic rings. The quantitative estimate of drug-likeness (QED) is 0.513. The van der Waals surface area contributed by atoms with Crippen LogP contribution in [0.4, 0.5) is 0 Å². The Morgan fingerprint density at radius 1 is 1.00 bits per heavy atom. The summed E-state index contributed by atoms with van der Waals surface area (Å²) in [6.45, 7) is 0. The molecule has 0 radical (unpaired) electrons. The van der Waals surface area contributed by atoms with Crippen molar-refractivity contribution in [3.05, 3.63) is 9.95 Å². The molecule has 1 aliphatic heterocycles. The van der Waals surface area contributed by atoms with Crippen LogP contribution < -0.4 is 0 Å². The second kappa shape index (κ2) is 2.47. The topological polar surface area (TPSA) is 0 Å². The Hall–Kier alpha value is 1.30. The van der Waals surface area contributed by atoms with Gasteiger partial charge in [0.2, 0.25) is 0 Å². The first-order valence-corrected chi connectivity index (χ1v) is 11.8. The molecule has 1 heterocycles. The van der Waals surface area contributed by atoms with Gasteiger partial charge in [-0.15, -0.1) is 0 Å². The zero-order chi connectivity index (χ0) is 3.54. The second-order valence-electron chi connectivity index (χ2n) is 0.533. The molecule has 0 bridgehead atoms. The van der Waals surface area contributed by atoms with Crippen molar-refractivity contribution in [1.29, 1.82) is 0 Å². The van der Waals surface area contributed by atoms with Crippen molar-refractivity contribution in [3.63, 3.8) is 0 Å². The summed E-state index contributed by atoms with van der Waals surface area (Å²) >= 11 is 3.04. The van der Waals surface area contributed by atoms with E-state index in [-0.39, 0.29) is 0 Å². The predicted molar refractivity (Wildman–Crippen MR) is 26.4 cm³/mol. The fourth-order valence-corrected chi connectivity index (χ4v) is 15.9. The Balaban J connectivity index is 2.32. The van der Waals surface area contributed by atoms with Gasteiger partial charge in [-0.1, -0.05) is 0 Å². The van der Waals surface area contributed by atoms with Crippen LogP contribution in [0.2, 0.25) is 0 Å². The van der Waals surface area contributed by atoms with Gasteiger partial charge in [0.05, 0.1) is 0 Å². The maximum absolute atomic E-state index is 2.35. The third-order valence-corrected chi connectivity index (χ3v) is 15.5. The first-order chi connectivity index (χ1) is 2.50. The third-order valence-electron chi connectivity index (χ3n) is 0.245. The zero-order valence-electron chi connectivity index (χ0n) is 2.38. The van der Waals surface area contributed by atoms with E-state index in [1.807, 2.05) is 0 Å². The minimum atomic E-state index is 0.979. The molecule has 0 aromatic carbocycles. The van der Waals surface area contributed by atoms with Crippen molar-refractivity contribution in [2.45, 2.75) is 0 Å². The number of rotatable bonds is 0. The van der Waals surface area contributed by atoms with Crippen molar-refractivity contribution >= 4 is 37.6 Å². The molecule has 0 aromatic heterocycles. The van der Waals surface area contributed by atoms with Crippen LogP contribution in [0.1, 0.15) is 0 Å². The Bertz CT molecular complexity index is 42.9. The molecule has 1 rings (SSSR count). The van der Waals surface area contributed by atoms with Crippen molar-refractivity contribution in [2.24, 2.45) is 0 Å². The average Bonchev–Trinajstić information content (AvgIpc) is 1.76. The van der Waals surface area contributed by atoms with Crippen molar-refractivity contribution in [3.8, 4) is 0 Å². The first kappa shape index (κ1) is 4.46. The Kier molecular flexibility index (Phi) is 2.20. The summed E-state index contributed by atoms with van der Waals surface area (Å²) in [5.41, 5.74) is 0. The van der Waals surface area contributed by atoms with Crippen molar-refractivity contribution < 1.29 is 0 Å². The van der Waals surface area contributed by atoms with Crippen LogP contribution >= 0.6 is 0 Å². The molecule has 28 valence electrons. The van der Waals surface area contributed by atoms with Gasteiger partial charge in [0.25, 0.3) is 0 Å². The Morgan fingerprint density at radius 3 is 1.80 bits per heavy atom. The Labute approximate surface area is 47.4 Å². The summed E-state index contributed by atoms with van der Waals surface area (Å²) in [6, 6.07) is 0. The maximum atomic E-state index is 2.35. The van der Waals surface area contributed by atoms with Crippen LogP contribution in [-0.4, -0.2) is 37.6 Å². The standard InChI is InChI=1S/C2H2Se3/c1-2-4-5-3-1/h1-2H.